The van der Waals surface area contributed by atoms with Crippen LogP contribution in [0.15, 0.2) is 36.5 Å². The molecule has 0 radical (unpaired) electrons. The third-order valence-corrected chi connectivity index (χ3v) is 2.43. The fourth-order valence-corrected chi connectivity index (χ4v) is 1.61. The van der Waals surface area contributed by atoms with Gasteiger partial charge in [0.05, 0.1) is 0 Å². The summed E-state index contributed by atoms with van der Waals surface area (Å²) in [5.41, 5.74) is 1.76. The molecule has 0 unspecified atom stereocenters. The monoisotopic (exact) mass is 221 g/mol. The van der Waals surface area contributed by atoms with Crippen LogP contribution >= 0.6 is 11.6 Å². The number of aromatic amines is 1. The van der Waals surface area contributed by atoms with E-state index in [1.165, 1.54) is 0 Å². The lowest BCUT2D eigenvalue weighted by Gasteiger charge is -1.99. The summed E-state index contributed by atoms with van der Waals surface area (Å²) in [6.45, 7) is 0. The molecule has 0 fully saturated rings. The van der Waals surface area contributed by atoms with Crippen LogP contribution in [-0.2, 0) is 0 Å². The first-order chi connectivity index (χ1) is 7.18. The third-order valence-electron chi connectivity index (χ3n) is 2.10. The van der Waals surface area contributed by atoms with Crippen LogP contribution in [0.4, 0.5) is 0 Å². The topological polar surface area (TPSA) is 53.1 Å². The fraction of sp³-hybridized carbons (Fsp3) is 0. The lowest BCUT2D eigenvalue weighted by atomic mass is 10.1. The van der Waals surface area contributed by atoms with Gasteiger partial charge in [-0.15, -0.1) is 0 Å². The molecule has 0 aliphatic heterocycles. The minimum absolute atomic E-state index is 0.157. The highest BCUT2D eigenvalue weighted by Crippen LogP contribution is 2.27. The third kappa shape index (κ3) is 1.87. The van der Waals surface area contributed by atoms with Gasteiger partial charge >= 0.3 is 5.97 Å². The molecule has 2 N–H and O–H groups in total. The zero-order valence-electron chi connectivity index (χ0n) is 7.70. The van der Waals surface area contributed by atoms with Gasteiger partial charge in [0.25, 0.3) is 0 Å². The maximum absolute atomic E-state index is 10.7. The molecule has 1 aromatic carbocycles. The first-order valence-electron chi connectivity index (χ1n) is 4.35. The summed E-state index contributed by atoms with van der Waals surface area (Å²) in [5, 5.41) is 9.36. The summed E-state index contributed by atoms with van der Waals surface area (Å²) in [7, 11) is 0. The summed E-state index contributed by atoms with van der Waals surface area (Å²) in [6.07, 6.45) is 1.63. The molecule has 0 saturated heterocycles. The Hall–Kier alpha value is -1.74. The molecule has 76 valence electrons. The molecule has 0 atom stereocenters. The number of aromatic carboxylic acids is 1. The van der Waals surface area contributed by atoms with Crippen LogP contribution in [0.5, 0.6) is 0 Å². The molecule has 15 heavy (non-hydrogen) atoms. The summed E-state index contributed by atoms with van der Waals surface area (Å²) in [6, 6.07) is 8.86. The van der Waals surface area contributed by atoms with Gasteiger partial charge in [0.2, 0.25) is 0 Å². The number of halogens is 1. The second kappa shape index (κ2) is 3.79. The van der Waals surface area contributed by atoms with Crippen LogP contribution < -0.4 is 0 Å². The van der Waals surface area contributed by atoms with E-state index in [4.69, 9.17) is 16.7 Å². The summed E-state index contributed by atoms with van der Waals surface area (Å²) < 4.78 is 0. The van der Waals surface area contributed by atoms with E-state index < -0.39 is 5.97 Å². The van der Waals surface area contributed by atoms with Crippen molar-refractivity contribution in [3.05, 3.63) is 47.2 Å². The second-order valence-electron chi connectivity index (χ2n) is 3.09. The van der Waals surface area contributed by atoms with Gasteiger partial charge in [0.15, 0.2) is 0 Å². The van der Waals surface area contributed by atoms with Gasteiger partial charge in [-0.25, -0.2) is 4.79 Å². The van der Waals surface area contributed by atoms with Gasteiger partial charge < -0.3 is 10.1 Å². The van der Waals surface area contributed by atoms with E-state index in [0.29, 0.717) is 5.02 Å². The molecule has 3 nitrogen and oxygen atoms in total. The predicted molar refractivity (Wildman–Crippen MR) is 58.2 cm³/mol. The zero-order chi connectivity index (χ0) is 10.8. The van der Waals surface area contributed by atoms with E-state index in [9.17, 15) is 4.79 Å². The Labute approximate surface area is 91.3 Å². The van der Waals surface area contributed by atoms with E-state index in [1.807, 2.05) is 18.2 Å². The van der Waals surface area contributed by atoms with Crippen molar-refractivity contribution < 1.29 is 9.90 Å². The number of hydrogen-bond donors (Lipinski definition) is 2. The number of hydrogen-bond acceptors (Lipinski definition) is 1. The molecule has 1 aromatic heterocycles. The number of benzene rings is 1. The normalized spacial score (nSPS) is 10.2. The Balaban J connectivity index is 2.46. The molecule has 4 heteroatoms. The van der Waals surface area contributed by atoms with Crippen LogP contribution in [0.2, 0.25) is 5.02 Å². The molecule has 0 bridgehead atoms. The largest absolute Gasteiger partial charge is 0.477 e. The molecule has 0 amide bonds. The quantitative estimate of drug-likeness (QED) is 0.819. The minimum Gasteiger partial charge on any atom is -0.477 e. The van der Waals surface area contributed by atoms with Crippen LogP contribution in [-0.4, -0.2) is 16.1 Å². The molecule has 0 spiro atoms. The Kier molecular flexibility index (Phi) is 2.47. The van der Waals surface area contributed by atoms with Gasteiger partial charge in [-0.2, -0.15) is 0 Å². The minimum atomic E-state index is -0.978. The molecular formula is C11H8ClNO2. The van der Waals surface area contributed by atoms with Crippen molar-refractivity contribution in [2.45, 2.75) is 0 Å². The van der Waals surface area contributed by atoms with E-state index in [0.717, 1.165) is 11.1 Å². The molecular weight excluding hydrogens is 214 g/mol. The molecule has 0 saturated carbocycles. The first-order valence-corrected chi connectivity index (χ1v) is 4.73. The van der Waals surface area contributed by atoms with Crippen LogP contribution in [0.25, 0.3) is 11.1 Å². The van der Waals surface area contributed by atoms with Crippen molar-refractivity contribution in [3.63, 3.8) is 0 Å². The predicted octanol–water partition coefficient (Wildman–Crippen LogP) is 3.03. The van der Waals surface area contributed by atoms with Crippen molar-refractivity contribution >= 4 is 17.6 Å². The highest BCUT2D eigenvalue weighted by atomic mass is 35.5. The molecule has 2 rings (SSSR count). The standard InChI is InChI=1S/C11H8ClNO2/c12-9-4-2-1-3-8(9)7-5-10(11(14)15)13-6-7/h1-6,13H,(H,14,15). The number of aromatic nitrogens is 1. The number of carboxylic acid groups (broad SMARTS) is 1. The molecule has 0 aliphatic rings. The maximum Gasteiger partial charge on any atom is 0.352 e. The number of rotatable bonds is 2. The van der Waals surface area contributed by atoms with Crippen molar-refractivity contribution in [2.75, 3.05) is 0 Å². The number of H-pyrrole nitrogens is 1. The zero-order valence-corrected chi connectivity index (χ0v) is 8.45. The SMILES string of the molecule is O=C(O)c1cc(-c2ccccc2Cl)c[nH]1. The highest BCUT2D eigenvalue weighted by Gasteiger charge is 2.08. The number of carbonyl (C=O) groups is 1. The molecule has 2 aromatic rings. The average molecular weight is 222 g/mol. The van der Waals surface area contributed by atoms with E-state index in [2.05, 4.69) is 4.98 Å². The average Bonchev–Trinajstić information content (AvgIpc) is 2.67. The number of nitrogens with one attached hydrogen (secondary N) is 1. The molecule has 0 aliphatic carbocycles. The highest BCUT2D eigenvalue weighted by molar-refractivity contribution is 6.33. The summed E-state index contributed by atoms with van der Waals surface area (Å²) in [5.74, 6) is -0.978. The summed E-state index contributed by atoms with van der Waals surface area (Å²) in [4.78, 5) is 13.3. The van der Waals surface area contributed by atoms with E-state index in [1.54, 1.807) is 18.3 Å². The number of carboxylic acids is 1. The van der Waals surface area contributed by atoms with Gasteiger partial charge in [-0.3, -0.25) is 0 Å². The molecule has 1 heterocycles. The second-order valence-corrected chi connectivity index (χ2v) is 3.49. The Morgan fingerprint density at radius 1 is 1.33 bits per heavy atom. The van der Waals surface area contributed by atoms with Gasteiger partial charge in [0.1, 0.15) is 5.69 Å². The summed E-state index contributed by atoms with van der Waals surface area (Å²) >= 11 is 5.99. The van der Waals surface area contributed by atoms with Crippen LogP contribution in [0.1, 0.15) is 10.5 Å². The Bertz CT molecular complexity index is 505. The van der Waals surface area contributed by atoms with Gasteiger partial charge in [-0.1, -0.05) is 29.8 Å². The first kappa shape index (κ1) is 9.80. The van der Waals surface area contributed by atoms with E-state index >= 15 is 0 Å². The van der Waals surface area contributed by atoms with Gasteiger partial charge in [0, 0.05) is 22.3 Å². The lowest BCUT2D eigenvalue weighted by Crippen LogP contribution is -1.94. The van der Waals surface area contributed by atoms with Crippen molar-refractivity contribution in [2.24, 2.45) is 0 Å². The fourth-order valence-electron chi connectivity index (χ4n) is 1.37. The smallest absolute Gasteiger partial charge is 0.352 e. The Morgan fingerprint density at radius 2 is 2.07 bits per heavy atom. The maximum atomic E-state index is 10.7. The van der Waals surface area contributed by atoms with Crippen LogP contribution in [0, 0.1) is 0 Å². The van der Waals surface area contributed by atoms with Gasteiger partial charge in [-0.05, 0) is 12.1 Å². The van der Waals surface area contributed by atoms with Crippen LogP contribution in [0.3, 0.4) is 0 Å². The van der Waals surface area contributed by atoms with Crippen molar-refractivity contribution in [1.29, 1.82) is 0 Å². The Morgan fingerprint density at radius 3 is 2.67 bits per heavy atom. The van der Waals surface area contributed by atoms with Crippen molar-refractivity contribution in [3.8, 4) is 11.1 Å². The van der Waals surface area contributed by atoms with Crippen molar-refractivity contribution in [1.82, 2.24) is 4.98 Å². The lowest BCUT2D eigenvalue weighted by molar-refractivity contribution is 0.0691. The van der Waals surface area contributed by atoms with E-state index in [-0.39, 0.29) is 5.69 Å².